The Morgan fingerprint density at radius 2 is 1.76 bits per heavy atom. The predicted molar refractivity (Wildman–Crippen MR) is 126 cm³/mol. The van der Waals surface area contributed by atoms with Crippen LogP contribution in [0.15, 0.2) is 63.9 Å². The highest BCUT2D eigenvalue weighted by Crippen LogP contribution is 2.39. The number of rotatable bonds is 6. The van der Waals surface area contributed by atoms with Crippen LogP contribution in [0.1, 0.15) is 23.6 Å². The lowest BCUT2D eigenvalue weighted by Crippen LogP contribution is -2.19. The number of nitrogens with two attached hydrogens (primary N) is 1. The zero-order valence-electron chi connectivity index (χ0n) is 17.1. The molecule has 0 radical (unpaired) electrons. The summed E-state index contributed by atoms with van der Waals surface area (Å²) in [5.41, 5.74) is 4.00. The van der Waals surface area contributed by atoms with Gasteiger partial charge in [-0.3, -0.25) is 5.43 Å². The molecule has 174 valence electrons. The van der Waals surface area contributed by atoms with Crippen LogP contribution in [0.4, 0.5) is 13.2 Å². The van der Waals surface area contributed by atoms with Crippen LogP contribution in [0.5, 0.6) is 5.75 Å². The molecule has 0 unspecified atom stereocenters. The Morgan fingerprint density at radius 1 is 1.15 bits per heavy atom. The van der Waals surface area contributed by atoms with Crippen molar-refractivity contribution in [2.45, 2.75) is 24.4 Å². The first kappa shape index (κ1) is 24.8. The highest BCUT2D eigenvalue weighted by molar-refractivity contribution is 7.89. The van der Waals surface area contributed by atoms with E-state index in [-0.39, 0.29) is 10.6 Å². The van der Waals surface area contributed by atoms with Crippen molar-refractivity contribution >= 4 is 44.3 Å². The van der Waals surface area contributed by atoms with Crippen LogP contribution in [0.25, 0.3) is 10.4 Å². The Labute approximate surface area is 197 Å². The first-order valence-corrected chi connectivity index (χ1v) is 12.1. The predicted octanol–water partition coefficient (Wildman–Crippen LogP) is 4.67. The van der Waals surface area contributed by atoms with Gasteiger partial charge in [0.15, 0.2) is 0 Å². The molecular weight excluding hydrogens is 495 g/mol. The van der Waals surface area contributed by atoms with Gasteiger partial charge >= 0.3 is 6.18 Å². The topological polar surface area (TPSA) is 105 Å². The fraction of sp³-hybridized carbons (Fsp3) is 0.143. The van der Waals surface area contributed by atoms with E-state index in [4.69, 9.17) is 17.4 Å². The summed E-state index contributed by atoms with van der Waals surface area (Å²) in [5, 5.41) is 21.5. The molecule has 2 aromatic carbocycles. The average Bonchev–Trinajstić information content (AvgIpc) is 3.12. The first-order chi connectivity index (χ1) is 15.4. The van der Waals surface area contributed by atoms with Crippen LogP contribution in [-0.2, 0) is 22.6 Å². The Balaban J connectivity index is 1.69. The number of primary sulfonamides is 1. The minimum atomic E-state index is -4.43. The number of sulfonamides is 1. The standard InChI is InChI=1S/C21H18F3N3O3S3/c1-12(26-27-18(31)10-13-2-8-16(9-3-13)33(25,29)30)17-11-32-20(19(17)28)14-4-6-15(7-5-14)21(22,23)24/h2-9,11,28H,10H2,1H3,(H,27,31)(H2,25,29,30)/b26-12+. The summed E-state index contributed by atoms with van der Waals surface area (Å²) in [4.78, 5) is 0.775. The van der Waals surface area contributed by atoms with Crippen LogP contribution in [-0.4, -0.2) is 24.2 Å². The van der Waals surface area contributed by atoms with Gasteiger partial charge in [-0.1, -0.05) is 36.5 Å². The molecule has 0 saturated carbocycles. The zero-order valence-corrected chi connectivity index (χ0v) is 19.5. The molecule has 0 amide bonds. The fourth-order valence-corrected chi connectivity index (χ4v) is 4.59. The van der Waals surface area contributed by atoms with Crippen molar-refractivity contribution in [1.82, 2.24) is 5.43 Å². The van der Waals surface area contributed by atoms with Crippen molar-refractivity contribution in [3.05, 3.63) is 70.6 Å². The number of alkyl halides is 3. The van der Waals surface area contributed by atoms with E-state index in [1.807, 2.05) is 0 Å². The number of thiocarbonyl (C=S) groups is 1. The number of hydrazone groups is 1. The smallest absolute Gasteiger partial charge is 0.416 e. The summed E-state index contributed by atoms with van der Waals surface area (Å²) < 4.78 is 60.9. The number of hydrogen-bond acceptors (Lipinski definition) is 6. The number of nitrogens with zero attached hydrogens (tertiary/aromatic N) is 1. The van der Waals surface area contributed by atoms with Crippen molar-refractivity contribution in [1.29, 1.82) is 0 Å². The van der Waals surface area contributed by atoms with E-state index < -0.39 is 21.8 Å². The third-order valence-corrected chi connectivity index (χ3v) is 6.78. The summed E-state index contributed by atoms with van der Waals surface area (Å²) in [6, 6.07) is 10.5. The van der Waals surface area contributed by atoms with E-state index >= 15 is 0 Å². The maximum absolute atomic E-state index is 12.8. The number of benzene rings is 2. The molecule has 0 aliphatic rings. The molecule has 6 nitrogen and oxygen atoms in total. The molecule has 1 aromatic heterocycles. The van der Waals surface area contributed by atoms with E-state index in [0.29, 0.717) is 33.1 Å². The van der Waals surface area contributed by atoms with Crippen LogP contribution >= 0.6 is 23.6 Å². The largest absolute Gasteiger partial charge is 0.506 e. The Kier molecular flexibility index (Phi) is 7.22. The third kappa shape index (κ3) is 6.16. The molecular formula is C21H18F3N3O3S3. The van der Waals surface area contributed by atoms with E-state index in [2.05, 4.69) is 10.5 Å². The highest BCUT2D eigenvalue weighted by atomic mass is 32.2. The Bertz CT molecular complexity index is 1300. The molecule has 0 spiro atoms. The van der Waals surface area contributed by atoms with Gasteiger partial charge in [0.25, 0.3) is 0 Å². The van der Waals surface area contributed by atoms with E-state index in [0.717, 1.165) is 17.7 Å². The molecule has 0 saturated heterocycles. The lowest BCUT2D eigenvalue weighted by Gasteiger charge is -2.08. The van der Waals surface area contributed by atoms with Crippen molar-refractivity contribution in [2.75, 3.05) is 0 Å². The Hall–Kier alpha value is -2.80. The normalized spacial score (nSPS) is 12.6. The van der Waals surface area contributed by atoms with Crippen molar-refractivity contribution in [3.63, 3.8) is 0 Å². The number of nitrogens with one attached hydrogen (secondary N) is 1. The SMILES string of the molecule is C/C(=N\NC(=S)Cc1ccc(S(N)(=O)=O)cc1)c1csc(-c2ccc(C(F)(F)F)cc2)c1O. The molecule has 0 bridgehead atoms. The molecule has 12 heteroatoms. The molecule has 0 aliphatic heterocycles. The summed E-state index contributed by atoms with van der Waals surface area (Å²) >= 11 is 6.43. The zero-order chi connectivity index (χ0) is 24.4. The maximum Gasteiger partial charge on any atom is 0.416 e. The molecule has 0 aliphatic carbocycles. The second-order valence-corrected chi connectivity index (χ2v) is 9.93. The third-order valence-electron chi connectivity index (χ3n) is 4.59. The lowest BCUT2D eigenvalue weighted by molar-refractivity contribution is -0.137. The molecule has 33 heavy (non-hydrogen) atoms. The van der Waals surface area contributed by atoms with Gasteiger partial charge in [0.05, 0.1) is 26.6 Å². The first-order valence-electron chi connectivity index (χ1n) is 9.29. The monoisotopic (exact) mass is 513 g/mol. The number of thiophene rings is 1. The van der Waals surface area contributed by atoms with Gasteiger partial charge in [-0.05, 0) is 42.3 Å². The van der Waals surface area contributed by atoms with Crippen molar-refractivity contribution in [2.24, 2.45) is 10.2 Å². The van der Waals surface area contributed by atoms with Crippen molar-refractivity contribution < 1.29 is 26.7 Å². The average molecular weight is 514 g/mol. The lowest BCUT2D eigenvalue weighted by atomic mass is 10.1. The summed E-state index contributed by atoms with van der Waals surface area (Å²) in [5.74, 6) is -0.0905. The minimum Gasteiger partial charge on any atom is -0.506 e. The maximum atomic E-state index is 12.8. The summed E-state index contributed by atoms with van der Waals surface area (Å²) in [6.07, 6.45) is -4.14. The summed E-state index contributed by atoms with van der Waals surface area (Å²) in [7, 11) is -3.77. The van der Waals surface area contributed by atoms with Crippen LogP contribution in [0.2, 0.25) is 0 Å². The van der Waals surface area contributed by atoms with Crippen LogP contribution in [0, 0.1) is 0 Å². The number of hydrogen-bond donors (Lipinski definition) is 3. The van der Waals surface area contributed by atoms with Gasteiger partial charge < -0.3 is 5.11 Å². The van der Waals surface area contributed by atoms with Crippen LogP contribution < -0.4 is 10.6 Å². The van der Waals surface area contributed by atoms with E-state index in [1.54, 1.807) is 24.4 Å². The Morgan fingerprint density at radius 3 is 2.30 bits per heavy atom. The highest BCUT2D eigenvalue weighted by Gasteiger charge is 2.30. The second-order valence-electron chi connectivity index (χ2n) is 7.00. The van der Waals surface area contributed by atoms with Crippen LogP contribution in [0.3, 0.4) is 0 Å². The van der Waals surface area contributed by atoms with Gasteiger partial charge in [0.1, 0.15) is 10.7 Å². The summed E-state index contributed by atoms with van der Waals surface area (Å²) in [6.45, 7) is 1.65. The number of aromatic hydroxyl groups is 1. The molecule has 0 fully saturated rings. The van der Waals surface area contributed by atoms with Gasteiger partial charge in [-0.15, -0.1) is 11.3 Å². The number of halogens is 3. The van der Waals surface area contributed by atoms with Gasteiger partial charge in [0.2, 0.25) is 10.0 Å². The molecule has 0 atom stereocenters. The quantitative estimate of drug-likeness (QED) is 0.252. The minimum absolute atomic E-state index is 0.00391. The second kappa shape index (κ2) is 9.59. The van der Waals surface area contributed by atoms with E-state index in [1.165, 1.54) is 35.6 Å². The molecule has 1 heterocycles. The molecule has 3 aromatic rings. The fourth-order valence-electron chi connectivity index (χ4n) is 2.85. The molecule has 3 rings (SSSR count). The van der Waals surface area contributed by atoms with Gasteiger partial charge in [0, 0.05) is 11.8 Å². The van der Waals surface area contributed by atoms with Gasteiger partial charge in [-0.25, -0.2) is 13.6 Å². The molecule has 4 N–H and O–H groups in total. The van der Waals surface area contributed by atoms with E-state index in [9.17, 15) is 26.7 Å². The van der Waals surface area contributed by atoms with Gasteiger partial charge in [-0.2, -0.15) is 18.3 Å². The van der Waals surface area contributed by atoms with Crippen molar-refractivity contribution in [3.8, 4) is 16.2 Å².